The van der Waals surface area contributed by atoms with E-state index in [4.69, 9.17) is 11.6 Å². The Labute approximate surface area is 119 Å². The van der Waals surface area contributed by atoms with Crippen molar-refractivity contribution in [1.82, 2.24) is 10.6 Å². The zero-order valence-corrected chi connectivity index (χ0v) is 11.9. The second-order valence-electron chi connectivity index (χ2n) is 5.12. The molecule has 19 heavy (non-hydrogen) atoms. The van der Waals surface area contributed by atoms with Gasteiger partial charge in [-0.15, -0.1) is 11.6 Å². The Balaban J connectivity index is 1.67. The largest absolute Gasteiger partial charge is 0.369 e. The summed E-state index contributed by atoms with van der Waals surface area (Å²) in [6.07, 6.45) is 0. The van der Waals surface area contributed by atoms with Gasteiger partial charge in [-0.25, -0.2) is 0 Å². The predicted octanol–water partition coefficient (Wildman–Crippen LogP) is 1.07. The minimum absolute atomic E-state index is 0.0570. The molecule has 2 aliphatic heterocycles. The Morgan fingerprint density at radius 2 is 1.47 bits per heavy atom. The normalized spacial score (nSPS) is 24.6. The number of nitrogens with one attached hydrogen (secondary N) is 2. The zero-order valence-electron chi connectivity index (χ0n) is 11.1. The molecule has 5 heteroatoms. The molecule has 0 aliphatic carbocycles. The van der Waals surface area contributed by atoms with Crippen LogP contribution in [0.15, 0.2) is 24.3 Å². The van der Waals surface area contributed by atoms with Gasteiger partial charge in [-0.1, -0.05) is 0 Å². The summed E-state index contributed by atoms with van der Waals surface area (Å²) in [5, 5.41) is 6.63. The summed E-state index contributed by atoms with van der Waals surface area (Å²) in [4.78, 5) is 4.78. The molecule has 2 aliphatic rings. The van der Waals surface area contributed by atoms with Gasteiger partial charge in [-0.2, -0.15) is 0 Å². The van der Waals surface area contributed by atoms with E-state index in [0.29, 0.717) is 0 Å². The quantitative estimate of drug-likeness (QED) is 0.627. The van der Waals surface area contributed by atoms with Gasteiger partial charge < -0.3 is 15.1 Å². The van der Waals surface area contributed by atoms with Gasteiger partial charge in [-0.3, -0.25) is 5.32 Å². The van der Waals surface area contributed by atoms with Gasteiger partial charge in [0.15, 0.2) is 0 Å². The van der Waals surface area contributed by atoms with Crippen LogP contribution in [0.5, 0.6) is 0 Å². The highest BCUT2D eigenvalue weighted by atomic mass is 35.5. The summed E-state index contributed by atoms with van der Waals surface area (Å²) in [6.45, 7) is 7.19. The molecule has 1 atom stereocenters. The lowest BCUT2D eigenvalue weighted by molar-refractivity contribution is 0.552. The third-order valence-electron chi connectivity index (χ3n) is 3.83. The molecule has 0 bridgehead atoms. The molecule has 0 aromatic heterocycles. The first-order valence-corrected chi connectivity index (χ1v) is 7.45. The van der Waals surface area contributed by atoms with Crippen LogP contribution >= 0.6 is 11.6 Å². The van der Waals surface area contributed by atoms with Crippen molar-refractivity contribution in [2.24, 2.45) is 0 Å². The fourth-order valence-electron chi connectivity index (χ4n) is 2.74. The van der Waals surface area contributed by atoms with Crippen LogP contribution in [0.4, 0.5) is 11.4 Å². The Kier molecular flexibility index (Phi) is 4.11. The number of alkyl halides is 1. The van der Waals surface area contributed by atoms with Gasteiger partial charge in [0.05, 0.1) is 0 Å². The number of anilines is 2. The summed E-state index contributed by atoms with van der Waals surface area (Å²) in [6, 6.07) is 8.89. The Hall–Kier alpha value is -0.970. The summed E-state index contributed by atoms with van der Waals surface area (Å²) in [7, 11) is 0. The smallest absolute Gasteiger partial charge is 0.100 e. The van der Waals surface area contributed by atoms with Gasteiger partial charge in [-0.05, 0) is 24.3 Å². The Bertz CT molecular complexity index is 402. The Morgan fingerprint density at radius 3 is 2.11 bits per heavy atom. The summed E-state index contributed by atoms with van der Waals surface area (Å²) in [5.74, 6) is 0. The molecule has 1 aromatic carbocycles. The molecule has 104 valence electrons. The van der Waals surface area contributed by atoms with Crippen LogP contribution in [-0.2, 0) is 0 Å². The van der Waals surface area contributed by atoms with Crippen LogP contribution in [0.25, 0.3) is 0 Å². The molecular formula is C14H21ClN4. The van der Waals surface area contributed by atoms with E-state index in [0.717, 1.165) is 45.8 Å². The van der Waals surface area contributed by atoms with Gasteiger partial charge >= 0.3 is 0 Å². The van der Waals surface area contributed by atoms with Crippen molar-refractivity contribution in [3.63, 3.8) is 0 Å². The highest BCUT2D eigenvalue weighted by Crippen LogP contribution is 2.22. The minimum Gasteiger partial charge on any atom is -0.369 e. The van der Waals surface area contributed by atoms with E-state index in [2.05, 4.69) is 44.7 Å². The van der Waals surface area contributed by atoms with Crippen molar-refractivity contribution in [2.75, 3.05) is 55.6 Å². The number of rotatable bonds is 2. The summed E-state index contributed by atoms with van der Waals surface area (Å²) >= 11 is 6.15. The lowest BCUT2D eigenvalue weighted by Gasteiger charge is -2.33. The fourth-order valence-corrected chi connectivity index (χ4v) is 3.01. The number of nitrogens with zero attached hydrogens (tertiary/aromatic N) is 2. The second kappa shape index (κ2) is 5.99. The molecule has 2 N–H and O–H groups in total. The average Bonchev–Trinajstić information content (AvgIpc) is 2.48. The van der Waals surface area contributed by atoms with Gasteiger partial charge in [0.1, 0.15) is 5.50 Å². The molecule has 0 spiro atoms. The van der Waals surface area contributed by atoms with Crippen LogP contribution in [0.3, 0.4) is 0 Å². The molecule has 1 unspecified atom stereocenters. The number of hydrogen-bond donors (Lipinski definition) is 2. The highest BCUT2D eigenvalue weighted by molar-refractivity contribution is 6.20. The second-order valence-corrected chi connectivity index (χ2v) is 5.65. The van der Waals surface area contributed by atoms with Crippen molar-refractivity contribution in [3.8, 4) is 0 Å². The Morgan fingerprint density at radius 1 is 0.895 bits per heavy atom. The van der Waals surface area contributed by atoms with E-state index in [1.807, 2.05) is 0 Å². The SMILES string of the molecule is ClC1CN(c2ccc(N3CCNCC3)cc2)CCN1. The number of benzene rings is 1. The molecule has 3 rings (SSSR count). The first-order chi connectivity index (χ1) is 9.33. The van der Waals surface area contributed by atoms with Crippen LogP contribution < -0.4 is 20.4 Å². The molecule has 0 amide bonds. The molecule has 0 saturated carbocycles. The number of halogens is 1. The van der Waals surface area contributed by atoms with E-state index in [1.165, 1.54) is 11.4 Å². The van der Waals surface area contributed by atoms with Crippen molar-refractivity contribution in [1.29, 1.82) is 0 Å². The van der Waals surface area contributed by atoms with E-state index < -0.39 is 0 Å². The lowest BCUT2D eigenvalue weighted by Crippen LogP contribution is -2.48. The van der Waals surface area contributed by atoms with Crippen LogP contribution in [0, 0.1) is 0 Å². The first-order valence-electron chi connectivity index (χ1n) is 7.01. The van der Waals surface area contributed by atoms with E-state index >= 15 is 0 Å². The van der Waals surface area contributed by atoms with Crippen LogP contribution in [0.2, 0.25) is 0 Å². The number of piperazine rings is 2. The molecular weight excluding hydrogens is 260 g/mol. The van der Waals surface area contributed by atoms with E-state index in [-0.39, 0.29) is 5.50 Å². The van der Waals surface area contributed by atoms with E-state index in [9.17, 15) is 0 Å². The van der Waals surface area contributed by atoms with Crippen molar-refractivity contribution in [2.45, 2.75) is 5.50 Å². The summed E-state index contributed by atoms with van der Waals surface area (Å²) < 4.78 is 0. The highest BCUT2D eigenvalue weighted by Gasteiger charge is 2.17. The maximum absolute atomic E-state index is 6.15. The molecule has 2 saturated heterocycles. The maximum atomic E-state index is 6.15. The van der Waals surface area contributed by atoms with Gasteiger partial charge in [0, 0.05) is 57.2 Å². The molecule has 2 fully saturated rings. The average molecular weight is 281 g/mol. The van der Waals surface area contributed by atoms with Crippen LogP contribution in [-0.4, -0.2) is 51.3 Å². The maximum Gasteiger partial charge on any atom is 0.100 e. The van der Waals surface area contributed by atoms with Crippen LogP contribution in [0.1, 0.15) is 0 Å². The molecule has 0 radical (unpaired) electrons. The van der Waals surface area contributed by atoms with Gasteiger partial charge in [0.2, 0.25) is 0 Å². The topological polar surface area (TPSA) is 30.5 Å². The summed E-state index contributed by atoms with van der Waals surface area (Å²) in [5.41, 5.74) is 2.65. The standard InChI is InChI=1S/C14H21ClN4/c15-14-11-19(10-7-17-14)13-3-1-12(2-4-13)18-8-5-16-6-9-18/h1-4,14,16-17H,5-11H2. The first kappa shape index (κ1) is 13.0. The molecule has 4 nitrogen and oxygen atoms in total. The van der Waals surface area contributed by atoms with Crippen molar-refractivity contribution >= 4 is 23.0 Å². The monoisotopic (exact) mass is 280 g/mol. The molecule has 1 aromatic rings. The third-order valence-corrected chi connectivity index (χ3v) is 4.12. The number of hydrogen-bond acceptors (Lipinski definition) is 4. The van der Waals surface area contributed by atoms with E-state index in [1.54, 1.807) is 0 Å². The molecule has 2 heterocycles. The third kappa shape index (κ3) is 3.14. The zero-order chi connectivity index (χ0) is 13.1. The van der Waals surface area contributed by atoms with Crippen molar-refractivity contribution < 1.29 is 0 Å². The fraction of sp³-hybridized carbons (Fsp3) is 0.571. The predicted molar refractivity (Wildman–Crippen MR) is 81.4 cm³/mol. The minimum atomic E-state index is 0.0570. The van der Waals surface area contributed by atoms with Crippen molar-refractivity contribution in [3.05, 3.63) is 24.3 Å². The van der Waals surface area contributed by atoms with Gasteiger partial charge in [0.25, 0.3) is 0 Å². The lowest BCUT2D eigenvalue weighted by atomic mass is 10.2.